The van der Waals surface area contributed by atoms with Gasteiger partial charge in [-0.15, -0.1) is 0 Å². The van der Waals surface area contributed by atoms with Gasteiger partial charge in [-0.3, -0.25) is 9.59 Å². The highest BCUT2D eigenvalue weighted by Crippen LogP contribution is 2.30. The minimum Gasteiger partial charge on any atom is -0.494 e. The molecule has 3 aromatic carbocycles. The van der Waals surface area contributed by atoms with Gasteiger partial charge in [-0.05, 0) is 67.9 Å². The summed E-state index contributed by atoms with van der Waals surface area (Å²) < 4.78 is 16.3. The zero-order valence-corrected chi connectivity index (χ0v) is 18.4. The number of hydrogen-bond acceptors (Lipinski definition) is 6. The monoisotopic (exact) mass is 445 g/mol. The van der Waals surface area contributed by atoms with E-state index >= 15 is 0 Å². The second-order valence-corrected chi connectivity index (χ2v) is 7.38. The Bertz CT molecular complexity index is 1200. The third-order valence-corrected chi connectivity index (χ3v) is 5.20. The van der Waals surface area contributed by atoms with Crippen molar-refractivity contribution in [3.63, 3.8) is 0 Å². The Morgan fingerprint density at radius 1 is 0.848 bits per heavy atom. The quantitative estimate of drug-likeness (QED) is 0.290. The predicted molar refractivity (Wildman–Crippen MR) is 122 cm³/mol. The first kappa shape index (κ1) is 22.1. The number of imide groups is 1. The Morgan fingerprint density at radius 3 is 2.30 bits per heavy atom. The van der Waals surface area contributed by atoms with Crippen molar-refractivity contribution in [1.82, 2.24) is 0 Å². The van der Waals surface area contributed by atoms with Crippen LogP contribution in [0, 0.1) is 6.92 Å². The third kappa shape index (κ3) is 4.57. The number of amides is 2. The molecule has 4 rings (SSSR count). The van der Waals surface area contributed by atoms with Crippen LogP contribution in [-0.4, -0.2) is 37.6 Å². The molecule has 0 bridgehead atoms. The fraction of sp³-hybridized carbons (Fsp3) is 0.192. The molecule has 1 aliphatic heterocycles. The zero-order valence-electron chi connectivity index (χ0n) is 18.4. The second kappa shape index (κ2) is 9.56. The highest BCUT2D eigenvalue weighted by atomic mass is 16.6. The molecule has 0 saturated carbocycles. The molecule has 0 unspecified atom stereocenters. The number of para-hydroxylation sites is 1. The minimum absolute atomic E-state index is 0.0510. The molecule has 33 heavy (non-hydrogen) atoms. The first-order valence-electron chi connectivity index (χ1n) is 10.6. The van der Waals surface area contributed by atoms with Crippen molar-refractivity contribution in [2.45, 2.75) is 13.8 Å². The summed E-state index contributed by atoms with van der Waals surface area (Å²) in [5, 5.41) is 0. The summed E-state index contributed by atoms with van der Waals surface area (Å²) in [7, 11) is 0. The van der Waals surface area contributed by atoms with Crippen molar-refractivity contribution < 1.29 is 28.6 Å². The molecule has 0 atom stereocenters. The van der Waals surface area contributed by atoms with Gasteiger partial charge < -0.3 is 14.2 Å². The number of nitrogens with zero attached hydrogens (tertiary/aromatic N) is 1. The van der Waals surface area contributed by atoms with E-state index in [1.807, 2.05) is 38.1 Å². The second-order valence-electron chi connectivity index (χ2n) is 7.38. The molecule has 0 aliphatic carbocycles. The Hall–Kier alpha value is -4.13. The summed E-state index contributed by atoms with van der Waals surface area (Å²) in [5.74, 6) is -0.146. The van der Waals surface area contributed by atoms with Crippen molar-refractivity contribution in [1.29, 1.82) is 0 Å². The van der Waals surface area contributed by atoms with Gasteiger partial charge in [-0.1, -0.05) is 18.2 Å². The summed E-state index contributed by atoms with van der Waals surface area (Å²) >= 11 is 0. The van der Waals surface area contributed by atoms with Gasteiger partial charge in [0.05, 0.1) is 29.0 Å². The smallest absolute Gasteiger partial charge is 0.338 e. The molecule has 0 saturated heterocycles. The maximum atomic E-state index is 12.9. The summed E-state index contributed by atoms with van der Waals surface area (Å²) in [6.45, 7) is 4.57. The van der Waals surface area contributed by atoms with Crippen LogP contribution in [0.4, 0.5) is 5.69 Å². The van der Waals surface area contributed by atoms with E-state index < -0.39 is 17.8 Å². The van der Waals surface area contributed by atoms with Gasteiger partial charge in [0, 0.05) is 0 Å². The largest absolute Gasteiger partial charge is 0.494 e. The lowest BCUT2D eigenvalue weighted by atomic mass is 10.1. The Kier molecular flexibility index (Phi) is 6.40. The highest BCUT2D eigenvalue weighted by molar-refractivity contribution is 6.34. The van der Waals surface area contributed by atoms with Crippen LogP contribution < -0.4 is 14.4 Å². The first-order chi connectivity index (χ1) is 16.0. The van der Waals surface area contributed by atoms with Gasteiger partial charge in [0.25, 0.3) is 11.8 Å². The van der Waals surface area contributed by atoms with Crippen LogP contribution in [0.5, 0.6) is 11.5 Å². The van der Waals surface area contributed by atoms with Gasteiger partial charge in [-0.25, -0.2) is 9.69 Å². The minimum atomic E-state index is -0.592. The van der Waals surface area contributed by atoms with Crippen molar-refractivity contribution in [2.24, 2.45) is 0 Å². The maximum Gasteiger partial charge on any atom is 0.338 e. The average molecular weight is 445 g/mol. The van der Waals surface area contributed by atoms with Crippen LogP contribution in [0.1, 0.15) is 43.6 Å². The van der Waals surface area contributed by atoms with Crippen LogP contribution in [0.3, 0.4) is 0 Å². The Balaban J connectivity index is 1.41. The maximum absolute atomic E-state index is 12.9. The van der Waals surface area contributed by atoms with E-state index in [0.29, 0.717) is 18.0 Å². The first-order valence-corrected chi connectivity index (χ1v) is 10.6. The fourth-order valence-corrected chi connectivity index (χ4v) is 3.55. The van der Waals surface area contributed by atoms with Crippen molar-refractivity contribution in [3.8, 4) is 11.5 Å². The lowest BCUT2D eigenvalue weighted by Gasteiger charge is -2.14. The van der Waals surface area contributed by atoms with E-state index in [-0.39, 0.29) is 29.9 Å². The fourth-order valence-electron chi connectivity index (χ4n) is 3.55. The molecule has 0 aromatic heterocycles. The molecule has 2 amide bonds. The lowest BCUT2D eigenvalue weighted by molar-refractivity contribution is 0.0450. The number of hydrogen-bond donors (Lipinski definition) is 0. The molecular weight excluding hydrogens is 422 g/mol. The molecule has 0 N–H and O–H groups in total. The van der Waals surface area contributed by atoms with E-state index in [1.165, 1.54) is 18.2 Å². The number of fused-ring (bicyclic) bond motifs is 1. The number of anilines is 1. The molecule has 1 heterocycles. The lowest BCUT2D eigenvalue weighted by Crippen LogP contribution is -2.29. The van der Waals surface area contributed by atoms with Crippen molar-refractivity contribution >= 4 is 23.5 Å². The number of rotatable bonds is 8. The van der Waals surface area contributed by atoms with E-state index in [1.54, 1.807) is 24.3 Å². The summed E-state index contributed by atoms with van der Waals surface area (Å²) in [4.78, 5) is 39.3. The molecule has 1 aliphatic rings. The van der Waals surface area contributed by atoms with E-state index in [0.717, 1.165) is 16.2 Å². The van der Waals surface area contributed by atoms with Gasteiger partial charge in [0.2, 0.25) is 0 Å². The Morgan fingerprint density at radius 2 is 1.58 bits per heavy atom. The van der Waals surface area contributed by atoms with Crippen molar-refractivity contribution in [3.05, 3.63) is 89.0 Å². The van der Waals surface area contributed by atoms with E-state index in [9.17, 15) is 14.4 Å². The number of ether oxygens (including phenoxy) is 3. The summed E-state index contributed by atoms with van der Waals surface area (Å²) in [6, 6.07) is 18.6. The number of esters is 1. The molecule has 3 aromatic rings. The molecule has 168 valence electrons. The molecule has 7 nitrogen and oxygen atoms in total. The van der Waals surface area contributed by atoms with Crippen LogP contribution in [0.15, 0.2) is 66.7 Å². The van der Waals surface area contributed by atoms with Gasteiger partial charge >= 0.3 is 5.97 Å². The topological polar surface area (TPSA) is 82.1 Å². The van der Waals surface area contributed by atoms with E-state index in [4.69, 9.17) is 14.2 Å². The van der Waals surface area contributed by atoms with Gasteiger partial charge in [-0.2, -0.15) is 0 Å². The van der Waals surface area contributed by atoms with Crippen LogP contribution >= 0.6 is 0 Å². The van der Waals surface area contributed by atoms with Gasteiger partial charge in [0.1, 0.15) is 24.7 Å². The normalized spacial score (nSPS) is 12.5. The molecule has 7 heteroatoms. The van der Waals surface area contributed by atoms with Crippen LogP contribution in [0.2, 0.25) is 0 Å². The van der Waals surface area contributed by atoms with Gasteiger partial charge in [0.15, 0.2) is 0 Å². The van der Waals surface area contributed by atoms with Crippen LogP contribution in [0.25, 0.3) is 0 Å². The SMILES string of the molecule is CCOc1ccc(N2C(=O)c3ccc(C(=O)OCCOc4ccccc4C)cc3C2=O)cc1. The standard InChI is InChI=1S/C26H23NO6/c1-3-31-20-11-9-19(10-12-20)27-24(28)21-13-8-18(16-22(21)25(27)29)26(30)33-15-14-32-23-7-5-4-6-17(23)2/h4-13,16H,3,14-15H2,1-2H3. The van der Waals surface area contributed by atoms with Crippen LogP contribution in [-0.2, 0) is 4.74 Å². The Labute approximate surface area is 191 Å². The third-order valence-electron chi connectivity index (χ3n) is 5.20. The molecular formula is C26H23NO6. The average Bonchev–Trinajstić information content (AvgIpc) is 3.08. The van der Waals surface area contributed by atoms with E-state index in [2.05, 4.69) is 0 Å². The predicted octanol–water partition coefficient (Wildman–Crippen LogP) is 4.43. The number of aryl methyl sites for hydroxylation is 1. The molecule has 0 spiro atoms. The number of benzene rings is 3. The summed E-state index contributed by atoms with van der Waals surface area (Å²) in [6.07, 6.45) is 0. The molecule has 0 radical (unpaired) electrons. The zero-order chi connectivity index (χ0) is 23.4. The van der Waals surface area contributed by atoms with Crippen molar-refractivity contribution in [2.75, 3.05) is 24.7 Å². The number of carbonyl (C=O) groups excluding carboxylic acids is 3. The number of carbonyl (C=O) groups is 3. The molecule has 0 fully saturated rings. The summed E-state index contributed by atoms with van der Waals surface area (Å²) in [5.41, 5.74) is 2.02. The highest BCUT2D eigenvalue weighted by Gasteiger charge is 2.37.